The van der Waals surface area contributed by atoms with E-state index >= 15 is 0 Å². The zero-order valence-corrected chi connectivity index (χ0v) is 27.7. The van der Waals surface area contributed by atoms with Gasteiger partial charge in [-0.15, -0.1) is 0 Å². The Labute approximate surface area is 279 Å². The van der Waals surface area contributed by atoms with Crippen LogP contribution >= 0.6 is 0 Å². The zero-order chi connectivity index (χ0) is 35.0. The Bertz CT molecular complexity index is 1640. The van der Waals surface area contributed by atoms with E-state index in [1.54, 1.807) is 46.8 Å². The van der Waals surface area contributed by atoms with Crippen molar-refractivity contribution in [2.24, 2.45) is 11.8 Å². The highest BCUT2D eigenvalue weighted by molar-refractivity contribution is 6.04. The van der Waals surface area contributed by atoms with E-state index in [2.05, 4.69) is 25.9 Å². The Hall–Kier alpha value is -5.20. The standard InChI is InChI=1S/C35H42N6O7/c1-6-23(19-42)38-32(44)28-16-24(48-35(47)26-13-9-11-22-10-7-8-12-25(22)26)18-41(28)34(46)30(21(4)5)40-33(45)29(20(2)3)39-31(43)27-17-36-14-15-37-27/h7-15,17,19-21,23-24,28-30H,6,16,18H2,1-5H3,(H,38,44)(H,39,43)(H,40,45)/t23-,24+,28-,29+,30+/m0/s1. The summed E-state index contributed by atoms with van der Waals surface area (Å²) in [6, 6.07) is 8.71. The molecule has 0 saturated carbocycles. The smallest absolute Gasteiger partial charge is 0.339 e. The molecule has 254 valence electrons. The number of aromatic nitrogens is 2. The average molecular weight is 659 g/mol. The van der Waals surface area contributed by atoms with E-state index in [1.165, 1.54) is 23.5 Å². The van der Waals surface area contributed by atoms with Gasteiger partial charge in [-0.1, -0.05) is 71.0 Å². The van der Waals surface area contributed by atoms with Gasteiger partial charge in [0, 0.05) is 18.8 Å². The van der Waals surface area contributed by atoms with Crippen LogP contribution in [0.15, 0.2) is 61.1 Å². The molecule has 13 nitrogen and oxygen atoms in total. The molecule has 4 rings (SSSR count). The van der Waals surface area contributed by atoms with Crippen LogP contribution in [0.4, 0.5) is 0 Å². The van der Waals surface area contributed by atoms with E-state index in [0.29, 0.717) is 23.7 Å². The van der Waals surface area contributed by atoms with Crippen molar-refractivity contribution in [3.05, 3.63) is 72.3 Å². The summed E-state index contributed by atoms with van der Waals surface area (Å²) < 4.78 is 5.87. The van der Waals surface area contributed by atoms with Gasteiger partial charge in [-0.25, -0.2) is 9.78 Å². The van der Waals surface area contributed by atoms with Crippen LogP contribution in [0.1, 0.15) is 68.3 Å². The fraction of sp³-hybridized carbons (Fsp3) is 0.429. The Kier molecular flexibility index (Phi) is 11.9. The van der Waals surface area contributed by atoms with Crippen LogP contribution in [-0.2, 0) is 23.9 Å². The highest BCUT2D eigenvalue weighted by Crippen LogP contribution is 2.26. The third-order valence-electron chi connectivity index (χ3n) is 8.33. The number of hydrogen-bond acceptors (Lipinski definition) is 9. The molecule has 1 aromatic heterocycles. The lowest BCUT2D eigenvalue weighted by molar-refractivity contribution is -0.143. The number of ether oxygens (including phenoxy) is 1. The lowest BCUT2D eigenvalue weighted by atomic mass is 9.98. The van der Waals surface area contributed by atoms with E-state index < -0.39 is 65.8 Å². The number of benzene rings is 2. The summed E-state index contributed by atoms with van der Waals surface area (Å²) in [4.78, 5) is 88.1. The molecule has 1 fully saturated rings. The molecular formula is C35H42N6O7. The van der Waals surface area contributed by atoms with Gasteiger partial charge in [-0.05, 0) is 35.1 Å². The van der Waals surface area contributed by atoms with Gasteiger partial charge in [0.1, 0.15) is 36.2 Å². The van der Waals surface area contributed by atoms with Crippen molar-refractivity contribution in [1.29, 1.82) is 0 Å². The third-order valence-corrected chi connectivity index (χ3v) is 8.33. The van der Waals surface area contributed by atoms with Crippen LogP contribution in [0.5, 0.6) is 0 Å². The number of carbonyl (C=O) groups excluding carboxylic acids is 6. The first kappa shape index (κ1) is 35.7. The molecule has 1 aliphatic rings. The first-order chi connectivity index (χ1) is 22.9. The first-order valence-electron chi connectivity index (χ1n) is 16.1. The summed E-state index contributed by atoms with van der Waals surface area (Å²) >= 11 is 0. The SMILES string of the molecule is CC[C@@H](C=O)NC(=O)[C@@H]1C[C@@H](OC(=O)c2cccc3ccccc23)CN1C(=O)[C@H](NC(=O)[C@H](NC(=O)c1cnccn1)C(C)C)C(C)C. The lowest BCUT2D eigenvalue weighted by Crippen LogP contribution is -2.59. The van der Waals surface area contributed by atoms with Crippen molar-refractivity contribution in [1.82, 2.24) is 30.8 Å². The summed E-state index contributed by atoms with van der Waals surface area (Å²) in [6.45, 7) is 8.62. The molecule has 5 atom stereocenters. The number of likely N-dealkylation sites (tertiary alicyclic amines) is 1. The maximum Gasteiger partial charge on any atom is 0.339 e. The molecule has 0 unspecified atom stereocenters. The van der Waals surface area contributed by atoms with Crippen LogP contribution in [-0.4, -0.2) is 87.6 Å². The Morgan fingerprint density at radius 1 is 0.938 bits per heavy atom. The molecular weight excluding hydrogens is 616 g/mol. The fourth-order valence-corrected chi connectivity index (χ4v) is 5.61. The number of amides is 4. The number of esters is 1. The Balaban J connectivity index is 1.56. The van der Waals surface area contributed by atoms with Crippen molar-refractivity contribution in [2.45, 2.75) is 77.7 Å². The van der Waals surface area contributed by atoms with Crippen molar-refractivity contribution in [3.63, 3.8) is 0 Å². The molecule has 3 N–H and O–H groups in total. The minimum Gasteiger partial charge on any atom is -0.457 e. The molecule has 48 heavy (non-hydrogen) atoms. The number of hydrogen-bond donors (Lipinski definition) is 3. The molecule has 2 heterocycles. The molecule has 0 radical (unpaired) electrons. The Morgan fingerprint density at radius 3 is 2.29 bits per heavy atom. The number of carbonyl (C=O) groups is 6. The normalized spacial score (nSPS) is 17.8. The first-order valence-corrected chi connectivity index (χ1v) is 16.1. The molecule has 1 aliphatic heterocycles. The van der Waals surface area contributed by atoms with Crippen LogP contribution in [0.3, 0.4) is 0 Å². The van der Waals surface area contributed by atoms with Crippen LogP contribution < -0.4 is 16.0 Å². The van der Waals surface area contributed by atoms with E-state index in [-0.39, 0.29) is 24.6 Å². The summed E-state index contributed by atoms with van der Waals surface area (Å²) in [7, 11) is 0. The summed E-state index contributed by atoms with van der Waals surface area (Å²) in [5.74, 6) is -3.72. The van der Waals surface area contributed by atoms with Gasteiger partial charge in [0.15, 0.2) is 0 Å². The van der Waals surface area contributed by atoms with Gasteiger partial charge in [0.25, 0.3) is 5.91 Å². The van der Waals surface area contributed by atoms with Crippen LogP contribution in [0, 0.1) is 11.8 Å². The summed E-state index contributed by atoms with van der Waals surface area (Å²) in [5, 5.41) is 9.68. The lowest BCUT2D eigenvalue weighted by Gasteiger charge is -2.32. The van der Waals surface area contributed by atoms with Gasteiger partial charge in [0.2, 0.25) is 17.7 Å². The van der Waals surface area contributed by atoms with E-state index in [1.807, 2.05) is 30.3 Å². The van der Waals surface area contributed by atoms with Crippen molar-refractivity contribution in [3.8, 4) is 0 Å². The molecule has 2 aromatic carbocycles. The topological polar surface area (TPSA) is 177 Å². The van der Waals surface area contributed by atoms with Gasteiger partial charge in [0.05, 0.1) is 24.3 Å². The van der Waals surface area contributed by atoms with E-state index in [9.17, 15) is 28.8 Å². The molecule has 0 aliphatic carbocycles. The quantitative estimate of drug-likeness (QED) is 0.184. The molecule has 0 bridgehead atoms. The molecule has 1 saturated heterocycles. The second-order valence-electron chi connectivity index (χ2n) is 12.5. The number of nitrogens with one attached hydrogen (secondary N) is 3. The van der Waals surface area contributed by atoms with Crippen molar-refractivity contribution >= 4 is 46.7 Å². The molecule has 0 spiro atoms. The molecule has 4 amide bonds. The second-order valence-corrected chi connectivity index (χ2v) is 12.5. The minimum absolute atomic E-state index is 0.00901. The zero-order valence-electron chi connectivity index (χ0n) is 27.7. The summed E-state index contributed by atoms with van der Waals surface area (Å²) in [6.07, 6.45) is 4.17. The average Bonchev–Trinajstić information content (AvgIpc) is 3.51. The van der Waals surface area contributed by atoms with Crippen LogP contribution in [0.2, 0.25) is 0 Å². The highest BCUT2D eigenvalue weighted by atomic mass is 16.5. The molecule has 13 heteroatoms. The molecule has 3 aromatic rings. The largest absolute Gasteiger partial charge is 0.457 e. The predicted molar refractivity (Wildman–Crippen MR) is 176 cm³/mol. The van der Waals surface area contributed by atoms with Gasteiger partial charge >= 0.3 is 5.97 Å². The fourth-order valence-electron chi connectivity index (χ4n) is 5.61. The second kappa shape index (κ2) is 16.1. The number of aldehydes is 1. The maximum absolute atomic E-state index is 14.2. The minimum atomic E-state index is -1.09. The monoisotopic (exact) mass is 658 g/mol. The van der Waals surface area contributed by atoms with Gasteiger partial charge in [-0.3, -0.25) is 24.2 Å². The van der Waals surface area contributed by atoms with E-state index in [0.717, 1.165) is 5.39 Å². The number of rotatable bonds is 13. The maximum atomic E-state index is 14.2. The number of nitrogens with zero attached hydrogens (tertiary/aromatic N) is 3. The van der Waals surface area contributed by atoms with Crippen molar-refractivity contribution < 1.29 is 33.5 Å². The van der Waals surface area contributed by atoms with Crippen LogP contribution in [0.25, 0.3) is 10.8 Å². The van der Waals surface area contributed by atoms with E-state index in [4.69, 9.17) is 4.74 Å². The predicted octanol–water partition coefficient (Wildman–Crippen LogP) is 2.45. The number of fused-ring (bicyclic) bond motifs is 1. The van der Waals surface area contributed by atoms with Gasteiger partial charge < -0.3 is 30.4 Å². The highest BCUT2D eigenvalue weighted by Gasteiger charge is 2.45. The van der Waals surface area contributed by atoms with Gasteiger partial charge in [-0.2, -0.15) is 0 Å². The summed E-state index contributed by atoms with van der Waals surface area (Å²) in [5.41, 5.74) is 0.379. The Morgan fingerprint density at radius 2 is 1.65 bits per heavy atom. The van der Waals surface area contributed by atoms with Crippen molar-refractivity contribution in [2.75, 3.05) is 6.54 Å². The third kappa shape index (κ3) is 8.38.